The van der Waals surface area contributed by atoms with Crippen LogP contribution < -0.4 is 10.6 Å². The zero-order valence-corrected chi connectivity index (χ0v) is 17.4. The molecule has 0 saturated carbocycles. The Morgan fingerprint density at radius 2 is 1.64 bits per heavy atom. The fourth-order valence-corrected chi connectivity index (χ4v) is 2.83. The Balaban J connectivity index is 1.87. The maximum Gasteiger partial charge on any atom is 0.313 e. The number of amides is 2. The van der Waals surface area contributed by atoms with Crippen LogP contribution in [0.4, 0.5) is 5.69 Å². The zero-order chi connectivity index (χ0) is 20.7. The number of anilines is 1. The molecule has 2 aromatic carbocycles. The van der Waals surface area contributed by atoms with Gasteiger partial charge in [0.1, 0.15) is 0 Å². The molecule has 1 atom stereocenters. The molecule has 2 aromatic rings. The van der Waals surface area contributed by atoms with E-state index in [9.17, 15) is 13.8 Å². The number of ether oxygens (including phenoxy) is 1. The van der Waals surface area contributed by atoms with E-state index in [0.717, 1.165) is 11.1 Å². The second-order valence-corrected chi connectivity index (χ2v) is 8.72. The summed E-state index contributed by atoms with van der Waals surface area (Å²) in [4.78, 5) is 24.7. The Bertz CT molecular complexity index is 857. The van der Waals surface area contributed by atoms with E-state index in [1.807, 2.05) is 45.0 Å². The van der Waals surface area contributed by atoms with Gasteiger partial charge in [-0.15, -0.1) is 0 Å². The third-order valence-electron chi connectivity index (χ3n) is 3.77. The maximum atomic E-state index is 12.0. The summed E-state index contributed by atoms with van der Waals surface area (Å²) >= 11 is 0. The highest BCUT2D eigenvalue weighted by molar-refractivity contribution is 7.84. The molecule has 0 aliphatic heterocycles. The minimum Gasteiger partial charge on any atom is -0.371 e. The van der Waals surface area contributed by atoms with Crippen molar-refractivity contribution in [3.8, 4) is 0 Å². The van der Waals surface area contributed by atoms with Crippen LogP contribution in [0.15, 0.2) is 53.4 Å². The van der Waals surface area contributed by atoms with Gasteiger partial charge in [0.25, 0.3) is 0 Å². The first-order valence-corrected chi connectivity index (χ1v) is 10.4. The lowest BCUT2D eigenvalue weighted by Crippen LogP contribution is -2.34. The molecule has 7 heteroatoms. The van der Waals surface area contributed by atoms with Crippen LogP contribution >= 0.6 is 0 Å². The van der Waals surface area contributed by atoms with Gasteiger partial charge in [0.2, 0.25) is 0 Å². The van der Waals surface area contributed by atoms with Crippen molar-refractivity contribution in [2.75, 3.05) is 11.6 Å². The minimum atomic E-state index is -1.09. The van der Waals surface area contributed by atoms with E-state index in [1.165, 1.54) is 0 Å². The van der Waals surface area contributed by atoms with Crippen LogP contribution in [0.3, 0.4) is 0 Å². The fourth-order valence-electron chi connectivity index (χ4n) is 2.31. The van der Waals surface area contributed by atoms with Gasteiger partial charge in [0.05, 0.1) is 12.2 Å². The topological polar surface area (TPSA) is 84.5 Å². The Kier molecular flexibility index (Phi) is 7.48. The maximum absolute atomic E-state index is 12.0. The van der Waals surface area contributed by atoms with E-state index in [0.29, 0.717) is 17.2 Å². The number of carbonyl (C=O) groups is 2. The Morgan fingerprint density at radius 3 is 2.25 bits per heavy atom. The lowest BCUT2D eigenvalue weighted by atomic mass is 10.1. The summed E-state index contributed by atoms with van der Waals surface area (Å²) in [5, 5.41) is 5.13. The van der Waals surface area contributed by atoms with E-state index in [-0.39, 0.29) is 12.1 Å². The monoisotopic (exact) mass is 402 g/mol. The average Bonchev–Trinajstić information content (AvgIpc) is 2.64. The first kappa shape index (κ1) is 21.8. The molecule has 0 aliphatic rings. The molecule has 0 fully saturated rings. The molecule has 0 heterocycles. The summed E-state index contributed by atoms with van der Waals surface area (Å²) in [6.45, 7) is 6.69. The van der Waals surface area contributed by atoms with Crippen molar-refractivity contribution < 1.29 is 18.5 Å². The van der Waals surface area contributed by atoms with Crippen LogP contribution in [0, 0.1) is 0 Å². The van der Waals surface area contributed by atoms with Crippen LogP contribution in [0.5, 0.6) is 0 Å². The van der Waals surface area contributed by atoms with Crippen LogP contribution in [-0.4, -0.2) is 27.9 Å². The number of nitrogens with one attached hydrogen (secondary N) is 2. The summed E-state index contributed by atoms with van der Waals surface area (Å²) < 4.78 is 17.1. The summed E-state index contributed by atoms with van der Waals surface area (Å²) in [6.07, 6.45) is 1.57. The van der Waals surface area contributed by atoms with Gasteiger partial charge in [0.15, 0.2) is 0 Å². The highest BCUT2D eigenvalue weighted by Crippen LogP contribution is 2.14. The van der Waals surface area contributed by atoms with E-state index < -0.39 is 22.6 Å². The number of benzene rings is 2. The molecule has 0 saturated heterocycles. The molecule has 150 valence electrons. The first-order valence-electron chi connectivity index (χ1n) is 8.88. The highest BCUT2D eigenvalue weighted by atomic mass is 32.2. The smallest absolute Gasteiger partial charge is 0.313 e. The molecular weight excluding hydrogens is 376 g/mol. The molecule has 0 bridgehead atoms. The van der Waals surface area contributed by atoms with Gasteiger partial charge in [-0.05, 0) is 56.2 Å². The lowest BCUT2D eigenvalue weighted by molar-refractivity contribution is -0.136. The number of hydrogen-bond donors (Lipinski definition) is 2. The fraction of sp³-hybridized carbons (Fsp3) is 0.333. The third kappa shape index (κ3) is 7.25. The van der Waals surface area contributed by atoms with Gasteiger partial charge in [-0.3, -0.25) is 13.8 Å². The summed E-state index contributed by atoms with van der Waals surface area (Å²) in [7, 11) is -1.09. The number of carbonyl (C=O) groups excluding carboxylic acids is 2. The first-order chi connectivity index (χ1) is 13.1. The highest BCUT2D eigenvalue weighted by Gasteiger charge is 2.14. The van der Waals surface area contributed by atoms with Crippen LogP contribution in [0.1, 0.15) is 31.9 Å². The van der Waals surface area contributed by atoms with Gasteiger partial charge < -0.3 is 15.4 Å². The second-order valence-electron chi connectivity index (χ2n) is 7.34. The molecule has 2 amide bonds. The predicted octanol–water partition coefficient (Wildman–Crippen LogP) is 2.99. The van der Waals surface area contributed by atoms with Crippen molar-refractivity contribution >= 4 is 28.3 Å². The normalized spacial score (nSPS) is 12.3. The minimum absolute atomic E-state index is 0.229. The molecular formula is C21H26N2O4S. The second kappa shape index (κ2) is 9.61. The third-order valence-corrected chi connectivity index (χ3v) is 4.70. The van der Waals surface area contributed by atoms with Gasteiger partial charge >= 0.3 is 11.8 Å². The standard InChI is InChI=1S/C21H26N2O4S/c1-21(2,3)27-14-16-7-5-6-15(12-16)13-22-19(24)20(25)23-17-8-10-18(11-9-17)28(4)26/h5-12H,13-14H2,1-4H3,(H,22,24)(H,23,25)/t28-/m0/s1. The van der Waals surface area contributed by atoms with Gasteiger partial charge in [-0.1, -0.05) is 24.3 Å². The van der Waals surface area contributed by atoms with Crippen molar-refractivity contribution in [2.24, 2.45) is 0 Å². The van der Waals surface area contributed by atoms with E-state index in [2.05, 4.69) is 10.6 Å². The van der Waals surface area contributed by atoms with E-state index in [4.69, 9.17) is 4.74 Å². The van der Waals surface area contributed by atoms with Crippen molar-refractivity contribution in [2.45, 2.75) is 44.4 Å². The molecule has 2 N–H and O–H groups in total. The Hall–Kier alpha value is -2.51. The molecule has 0 spiro atoms. The van der Waals surface area contributed by atoms with Gasteiger partial charge in [0, 0.05) is 34.2 Å². The Labute approximate surface area is 168 Å². The zero-order valence-electron chi connectivity index (χ0n) is 16.6. The molecule has 0 radical (unpaired) electrons. The van der Waals surface area contributed by atoms with Gasteiger partial charge in [-0.2, -0.15) is 0 Å². The summed E-state index contributed by atoms with van der Waals surface area (Å²) in [5.41, 5.74) is 2.12. The van der Waals surface area contributed by atoms with Crippen molar-refractivity contribution in [3.63, 3.8) is 0 Å². The SMILES string of the molecule is C[S@](=O)c1ccc(NC(=O)C(=O)NCc2cccc(COC(C)(C)C)c2)cc1. The molecule has 0 unspecified atom stereocenters. The molecule has 0 aliphatic carbocycles. The van der Waals surface area contributed by atoms with Crippen LogP contribution in [0.25, 0.3) is 0 Å². The molecule has 0 aromatic heterocycles. The molecule has 28 heavy (non-hydrogen) atoms. The van der Waals surface area contributed by atoms with Crippen LogP contribution in [0.2, 0.25) is 0 Å². The van der Waals surface area contributed by atoms with E-state index >= 15 is 0 Å². The molecule has 2 rings (SSSR count). The lowest BCUT2D eigenvalue weighted by Gasteiger charge is -2.19. The number of hydrogen-bond acceptors (Lipinski definition) is 4. The van der Waals surface area contributed by atoms with Crippen molar-refractivity contribution in [1.29, 1.82) is 0 Å². The van der Waals surface area contributed by atoms with E-state index in [1.54, 1.807) is 30.5 Å². The van der Waals surface area contributed by atoms with Crippen LogP contribution in [-0.2, 0) is 38.3 Å². The molecule has 6 nitrogen and oxygen atoms in total. The van der Waals surface area contributed by atoms with Crippen molar-refractivity contribution in [3.05, 3.63) is 59.7 Å². The predicted molar refractivity (Wildman–Crippen MR) is 110 cm³/mol. The number of rotatable bonds is 6. The summed E-state index contributed by atoms with van der Waals surface area (Å²) in [6, 6.07) is 14.2. The quantitative estimate of drug-likeness (QED) is 0.728. The average molecular weight is 403 g/mol. The largest absolute Gasteiger partial charge is 0.371 e. The van der Waals surface area contributed by atoms with Gasteiger partial charge in [-0.25, -0.2) is 0 Å². The van der Waals surface area contributed by atoms with Crippen molar-refractivity contribution in [1.82, 2.24) is 5.32 Å². The summed E-state index contributed by atoms with van der Waals surface area (Å²) in [5.74, 6) is -1.47. The Morgan fingerprint density at radius 1 is 1.00 bits per heavy atom.